The summed E-state index contributed by atoms with van der Waals surface area (Å²) in [5, 5.41) is 6.03. The van der Waals surface area contributed by atoms with Gasteiger partial charge in [0.05, 0.1) is 0 Å². The third-order valence-electron chi connectivity index (χ3n) is 2.22. The second kappa shape index (κ2) is 4.79. The van der Waals surface area contributed by atoms with Crippen molar-refractivity contribution in [2.75, 3.05) is 7.05 Å². The van der Waals surface area contributed by atoms with Crippen LogP contribution in [0.4, 0.5) is 0 Å². The lowest BCUT2D eigenvalue weighted by Crippen LogP contribution is -2.05. The van der Waals surface area contributed by atoms with Crippen molar-refractivity contribution in [3.8, 4) is 10.4 Å². The molecule has 2 rings (SSSR count). The van der Waals surface area contributed by atoms with Crippen LogP contribution in [0.2, 0.25) is 5.02 Å². The first-order valence-corrected chi connectivity index (χ1v) is 6.04. The fourth-order valence-electron chi connectivity index (χ4n) is 1.50. The Balaban J connectivity index is 2.38. The Hall–Kier alpha value is -0.830. The third-order valence-corrected chi connectivity index (χ3v) is 3.51. The molecule has 1 heterocycles. The maximum Gasteiger partial charge on any atom is 0.0451 e. The summed E-state index contributed by atoms with van der Waals surface area (Å²) in [6.45, 7) is 0.804. The smallest absolute Gasteiger partial charge is 0.0451 e. The molecule has 1 aromatic carbocycles. The Morgan fingerprint density at radius 2 is 2.20 bits per heavy atom. The fraction of sp³-hybridized carbons (Fsp3) is 0.167. The highest BCUT2D eigenvalue weighted by molar-refractivity contribution is 7.13. The lowest BCUT2D eigenvalue weighted by atomic mass is 10.1. The zero-order valence-corrected chi connectivity index (χ0v) is 10.0. The van der Waals surface area contributed by atoms with Crippen molar-refractivity contribution in [3.63, 3.8) is 0 Å². The highest BCUT2D eigenvalue weighted by Gasteiger charge is 2.03. The molecule has 0 saturated heterocycles. The first-order valence-electron chi connectivity index (χ1n) is 4.78. The van der Waals surface area contributed by atoms with Crippen molar-refractivity contribution in [2.45, 2.75) is 6.54 Å². The van der Waals surface area contributed by atoms with E-state index in [-0.39, 0.29) is 0 Å². The van der Waals surface area contributed by atoms with Crippen molar-refractivity contribution < 1.29 is 0 Å². The van der Waals surface area contributed by atoms with Crippen LogP contribution in [0.25, 0.3) is 10.4 Å². The average molecular weight is 238 g/mol. The van der Waals surface area contributed by atoms with Gasteiger partial charge in [0, 0.05) is 16.4 Å². The summed E-state index contributed by atoms with van der Waals surface area (Å²) in [6.07, 6.45) is 0. The molecule has 2 aromatic rings. The number of halogens is 1. The molecule has 0 spiro atoms. The first-order chi connectivity index (χ1) is 7.31. The van der Waals surface area contributed by atoms with Gasteiger partial charge in [-0.25, -0.2) is 0 Å². The molecular formula is C12H12ClNS. The van der Waals surface area contributed by atoms with Gasteiger partial charge in [0.25, 0.3) is 0 Å². The van der Waals surface area contributed by atoms with Crippen LogP contribution in [0, 0.1) is 0 Å². The van der Waals surface area contributed by atoms with Gasteiger partial charge in [-0.3, -0.25) is 0 Å². The highest BCUT2D eigenvalue weighted by atomic mass is 35.5. The predicted molar refractivity (Wildman–Crippen MR) is 67.5 cm³/mol. The van der Waals surface area contributed by atoms with Gasteiger partial charge in [-0.05, 0) is 41.8 Å². The maximum absolute atomic E-state index is 6.10. The number of hydrogen-bond donors (Lipinski definition) is 1. The largest absolute Gasteiger partial charge is 0.316 e. The molecule has 0 atom stereocenters. The molecule has 1 nitrogen and oxygen atoms in total. The second-order valence-electron chi connectivity index (χ2n) is 3.31. The molecule has 0 bridgehead atoms. The fourth-order valence-corrected chi connectivity index (χ4v) is 2.41. The van der Waals surface area contributed by atoms with Crippen molar-refractivity contribution >= 4 is 22.9 Å². The third kappa shape index (κ3) is 2.40. The Kier molecular flexibility index (Phi) is 3.41. The summed E-state index contributed by atoms with van der Waals surface area (Å²) < 4.78 is 0. The van der Waals surface area contributed by atoms with E-state index in [0.717, 1.165) is 17.1 Å². The van der Waals surface area contributed by atoms with Gasteiger partial charge in [-0.2, -0.15) is 0 Å². The number of thiophene rings is 1. The molecule has 0 fully saturated rings. The first kappa shape index (κ1) is 10.7. The zero-order valence-electron chi connectivity index (χ0n) is 8.46. The van der Waals surface area contributed by atoms with E-state index >= 15 is 0 Å². The Bertz CT molecular complexity index is 437. The summed E-state index contributed by atoms with van der Waals surface area (Å²) in [7, 11) is 1.92. The van der Waals surface area contributed by atoms with Crippen LogP contribution in [0.5, 0.6) is 0 Å². The van der Waals surface area contributed by atoms with Crippen LogP contribution in [-0.2, 0) is 6.54 Å². The number of hydrogen-bond acceptors (Lipinski definition) is 2. The summed E-state index contributed by atoms with van der Waals surface area (Å²) in [6, 6.07) is 10.4. The lowest BCUT2D eigenvalue weighted by molar-refractivity contribution is 0.818. The van der Waals surface area contributed by atoms with Crippen LogP contribution >= 0.6 is 22.9 Å². The minimum atomic E-state index is 0.804. The quantitative estimate of drug-likeness (QED) is 0.857. The molecule has 0 radical (unpaired) electrons. The van der Waals surface area contributed by atoms with E-state index in [1.54, 1.807) is 11.3 Å². The summed E-state index contributed by atoms with van der Waals surface area (Å²) >= 11 is 7.84. The topological polar surface area (TPSA) is 12.0 Å². The van der Waals surface area contributed by atoms with Crippen molar-refractivity contribution in [1.29, 1.82) is 0 Å². The van der Waals surface area contributed by atoms with Crippen molar-refractivity contribution in [3.05, 3.63) is 46.3 Å². The van der Waals surface area contributed by atoms with E-state index in [0.29, 0.717) is 0 Å². The predicted octanol–water partition coefficient (Wildman–Crippen LogP) is 3.79. The summed E-state index contributed by atoms with van der Waals surface area (Å²) in [5.41, 5.74) is 2.38. The summed E-state index contributed by atoms with van der Waals surface area (Å²) in [5.74, 6) is 0. The SMILES string of the molecule is CNCc1cc(-c2cccs2)ccc1Cl. The number of nitrogens with one attached hydrogen (secondary N) is 1. The molecule has 0 saturated carbocycles. The Morgan fingerprint density at radius 3 is 2.87 bits per heavy atom. The number of benzene rings is 1. The van der Waals surface area contributed by atoms with E-state index in [2.05, 4.69) is 35.0 Å². The van der Waals surface area contributed by atoms with Crippen molar-refractivity contribution in [1.82, 2.24) is 5.32 Å². The van der Waals surface area contributed by atoms with Gasteiger partial charge >= 0.3 is 0 Å². The van der Waals surface area contributed by atoms with Crippen molar-refractivity contribution in [2.24, 2.45) is 0 Å². The maximum atomic E-state index is 6.10. The van der Waals surface area contributed by atoms with E-state index in [9.17, 15) is 0 Å². The van der Waals surface area contributed by atoms with Crippen LogP contribution in [0.3, 0.4) is 0 Å². The normalized spacial score (nSPS) is 10.5. The molecule has 0 aliphatic rings. The number of rotatable bonds is 3. The molecule has 0 aliphatic carbocycles. The highest BCUT2D eigenvalue weighted by Crippen LogP contribution is 2.28. The molecule has 3 heteroatoms. The molecule has 0 aliphatic heterocycles. The van der Waals surface area contributed by atoms with Crippen LogP contribution < -0.4 is 5.32 Å². The molecule has 0 unspecified atom stereocenters. The van der Waals surface area contributed by atoms with Gasteiger partial charge in [-0.1, -0.05) is 23.7 Å². The van der Waals surface area contributed by atoms with Gasteiger partial charge in [0.1, 0.15) is 0 Å². The van der Waals surface area contributed by atoms with Gasteiger partial charge in [0.15, 0.2) is 0 Å². The molecule has 78 valence electrons. The molecule has 0 amide bonds. The van der Waals surface area contributed by atoms with E-state index in [1.165, 1.54) is 10.4 Å². The molecular weight excluding hydrogens is 226 g/mol. The molecule has 1 N–H and O–H groups in total. The standard InChI is InChI=1S/C12H12ClNS/c1-14-8-10-7-9(4-5-11(10)13)12-3-2-6-15-12/h2-7,14H,8H2,1H3. The van der Waals surface area contributed by atoms with Crippen LogP contribution in [0.1, 0.15) is 5.56 Å². The Labute approximate surface area is 98.7 Å². The van der Waals surface area contributed by atoms with E-state index in [4.69, 9.17) is 11.6 Å². The zero-order chi connectivity index (χ0) is 10.7. The van der Waals surface area contributed by atoms with E-state index in [1.807, 2.05) is 13.1 Å². The van der Waals surface area contributed by atoms with Crippen LogP contribution in [-0.4, -0.2) is 7.05 Å². The van der Waals surface area contributed by atoms with Gasteiger partial charge in [-0.15, -0.1) is 11.3 Å². The monoisotopic (exact) mass is 237 g/mol. The molecule has 1 aromatic heterocycles. The van der Waals surface area contributed by atoms with E-state index < -0.39 is 0 Å². The minimum Gasteiger partial charge on any atom is -0.316 e. The summed E-state index contributed by atoms with van der Waals surface area (Å²) in [4.78, 5) is 1.28. The lowest BCUT2D eigenvalue weighted by Gasteiger charge is -2.05. The average Bonchev–Trinajstić information content (AvgIpc) is 2.75. The molecule has 15 heavy (non-hydrogen) atoms. The van der Waals surface area contributed by atoms with Crippen LogP contribution in [0.15, 0.2) is 35.7 Å². The minimum absolute atomic E-state index is 0.804. The Morgan fingerprint density at radius 1 is 1.33 bits per heavy atom. The van der Waals surface area contributed by atoms with Gasteiger partial charge < -0.3 is 5.32 Å². The second-order valence-corrected chi connectivity index (χ2v) is 4.67. The van der Waals surface area contributed by atoms with Gasteiger partial charge in [0.2, 0.25) is 0 Å².